The Balaban J connectivity index is 3.09. The van der Waals surface area contributed by atoms with Crippen molar-refractivity contribution in [3.05, 3.63) is 47.0 Å². The van der Waals surface area contributed by atoms with Crippen LogP contribution in [0.25, 0.3) is 0 Å². The molecule has 0 bridgehead atoms. The average molecular weight is 306 g/mol. The number of hydrogen-bond acceptors (Lipinski definition) is 5. The molecule has 1 atom stereocenters. The molecule has 0 saturated carbocycles. The number of aliphatic carboxylic acids is 1. The minimum absolute atomic E-state index is 0.0947. The Kier molecular flexibility index (Phi) is 6.31. The van der Waals surface area contributed by atoms with Gasteiger partial charge in [0.05, 0.1) is 18.2 Å². The lowest BCUT2D eigenvalue weighted by Gasteiger charge is -2.18. The Hall–Kier alpha value is -2.63. The monoisotopic (exact) mass is 306 g/mol. The van der Waals surface area contributed by atoms with Crippen LogP contribution in [-0.2, 0) is 19.1 Å². The number of carbonyl (C=O) groups excluding carboxylic acids is 2. The summed E-state index contributed by atoms with van der Waals surface area (Å²) >= 11 is 0. The molecule has 22 heavy (non-hydrogen) atoms. The second-order valence-electron chi connectivity index (χ2n) is 4.50. The maximum Gasteiger partial charge on any atom is 0.338 e. The van der Waals surface area contributed by atoms with Crippen molar-refractivity contribution in [3.63, 3.8) is 0 Å². The fourth-order valence-electron chi connectivity index (χ4n) is 1.92. The Labute approximate surface area is 128 Å². The molecule has 0 aliphatic heterocycles. The van der Waals surface area contributed by atoms with Gasteiger partial charge in [-0.15, -0.1) is 0 Å². The molecular formula is C16H18O6. The van der Waals surface area contributed by atoms with E-state index in [1.807, 2.05) is 0 Å². The standard InChI is InChI=1S/C16H18O6/c1-4-12(13(14(17)18)10(2)15(19)21-3)22-16(20)11-8-6-5-7-9-11/h5-9,12H,4H2,1-3H3,(H,17,18)/b13-10+. The van der Waals surface area contributed by atoms with Crippen molar-refractivity contribution >= 4 is 17.9 Å². The first kappa shape index (κ1) is 17.4. The summed E-state index contributed by atoms with van der Waals surface area (Å²) in [6.07, 6.45) is -0.821. The summed E-state index contributed by atoms with van der Waals surface area (Å²) in [7, 11) is 1.15. The molecule has 0 fully saturated rings. The van der Waals surface area contributed by atoms with Crippen molar-refractivity contribution in [1.29, 1.82) is 0 Å². The van der Waals surface area contributed by atoms with Crippen LogP contribution in [0.4, 0.5) is 0 Å². The number of carbonyl (C=O) groups is 3. The summed E-state index contributed by atoms with van der Waals surface area (Å²) in [5.41, 5.74) is -0.0669. The molecule has 6 heteroatoms. The smallest absolute Gasteiger partial charge is 0.338 e. The molecule has 0 amide bonds. The van der Waals surface area contributed by atoms with Crippen LogP contribution in [0.15, 0.2) is 41.5 Å². The van der Waals surface area contributed by atoms with E-state index >= 15 is 0 Å². The van der Waals surface area contributed by atoms with Gasteiger partial charge in [0.2, 0.25) is 0 Å². The summed E-state index contributed by atoms with van der Waals surface area (Å²) in [5, 5.41) is 9.32. The zero-order chi connectivity index (χ0) is 16.7. The molecule has 1 unspecified atom stereocenters. The van der Waals surface area contributed by atoms with E-state index in [1.54, 1.807) is 37.3 Å². The molecule has 0 heterocycles. The van der Waals surface area contributed by atoms with Crippen molar-refractivity contribution < 1.29 is 29.0 Å². The van der Waals surface area contributed by atoms with Crippen LogP contribution in [0.5, 0.6) is 0 Å². The lowest BCUT2D eigenvalue weighted by molar-refractivity contribution is -0.138. The van der Waals surface area contributed by atoms with Gasteiger partial charge in [0.15, 0.2) is 0 Å². The van der Waals surface area contributed by atoms with Gasteiger partial charge in [0.25, 0.3) is 0 Å². The highest BCUT2D eigenvalue weighted by molar-refractivity contribution is 6.00. The van der Waals surface area contributed by atoms with Gasteiger partial charge < -0.3 is 14.6 Å². The number of hydrogen-bond donors (Lipinski definition) is 1. The highest BCUT2D eigenvalue weighted by Crippen LogP contribution is 2.19. The fraction of sp³-hybridized carbons (Fsp3) is 0.312. The van der Waals surface area contributed by atoms with Gasteiger partial charge in [-0.3, -0.25) is 0 Å². The SMILES string of the molecule is CCC(OC(=O)c1ccccc1)/C(C(=O)O)=C(/C)C(=O)OC. The Morgan fingerprint density at radius 1 is 1.18 bits per heavy atom. The van der Waals surface area contributed by atoms with Gasteiger partial charge in [-0.05, 0) is 25.5 Å². The molecule has 1 N–H and O–H groups in total. The van der Waals surface area contributed by atoms with E-state index in [0.717, 1.165) is 7.11 Å². The Morgan fingerprint density at radius 2 is 1.77 bits per heavy atom. The third-order valence-electron chi connectivity index (χ3n) is 3.08. The van der Waals surface area contributed by atoms with Crippen LogP contribution in [0.2, 0.25) is 0 Å². The maximum atomic E-state index is 12.0. The predicted octanol–water partition coefficient (Wildman–Crippen LogP) is 2.20. The molecule has 1 rings (SSSR count). The number of carboxylic acid groups (broad SMARTS) is 1. The van der Waals surface area contributed by atoms with Crippen LogP contribution < -0.4 is 0 Å². The summed E-state index contributed by atoms with van der Waals surface area (Å²) < 4.78 is 9.77. The second kappa shape index (κ2) is 7.97. The van der Waals surface area contributed by atoms with Gasteiger partial charge in [-0.2, -0.15) is 0 Å². The van der Waals surface area contributed by atoms with E-state index in [2.05, 4.69) is 4.74 Å². The zero-order valence-electron chi connectivity index (χ0n) is 12.7. The van der Waals surface area contributed by atoms with Crippen molar-refractivity contribution in [2.45, 2.75) is 26.4 Å². The van der Waals surface area contributed by atoms with E-state index in [-0.39, 0.29) is 17.6 Å². The lowest BCUT2D eigenvalue weighted by Crippen LogP contribution is -2.27. The molecule has 0 spiro atoms. The number of benzene rings is 1. The number of rotatable bonds is 6. The van der Waals surface area contributed by atoms with Gasteiger partial charge >= 0.3 is 17.9 Å². The number of ether oxygens (including phenoxy) is 2. The van der Waals surface area contributed by atoms with Crippen LogP contribution in [0, 0.1) is 0 Å². The molecule has 0 radical (unpaired) electrons. The van der Waals surface area contributed by atoms with Crippen molar-refractivity contribution in [2.24, 2.45) is 0 Å². The van der Waals surface area contributed by atoms with Crippen LogP contribution in [0.3, 0.4) is 0 Å². The van der Waals surface area contributed by atoms with Gasteiger partial charge in [0, 0.05) is 5.57 Å². The van der Waals surface area contributed by atoms with Crippen molar-refractivity contribution in [2.75, 3.05) is 7.11 Å². The van der Waals surface area contributed by atoms with Crippen LogP contribution in [-0.4, -0.2) is 36.2 Å². The first-order valence-electron chi connectivity index (χ1n) is 6.70. The molecule has 1 aromatic rings. The van der Waals surface area contributed by atoms with E-state index in [9.17, 15) is 19.5 Å². The van der Waals surface area contributed by atoms with Gasteiger partial charge in [-0.1, -0.05) is 25.1 Å². The zero-order valence-corrected chi connectivity index (χ0v) is 12.7. The highest BCUT2D eigenvalue weighted by atomic mass is 16.5. The van der Waals surface area contributed by atoms with E-state index in [1.165, 1.54) is 6.92 Å². The molecular weight excluding hydrogens is 288 g/mol. The second-order valence-corrected chi connectivity index (χ2v) is 4.50. The number of carboxylic acids is 1. The molecule has 0 aromatic heterocycles. The van der Waals surface area contributed by atoms with Gasteiger partial charge in [0.1, 0.15) is 6.10 Å². The minimum Gasteiger partial charge on any atom is -0.478 e. The van der Waals surface area contributed by atoms with Gasteiger partial charge in [-0.25, -0.2) is 14.4 Å². The largest absolute Gasteiger partial charge is 0.478 e. The minimum atomic E-state index is -1.32. The van der Waals surface area contributed by atoms with E-state index in [0.29, 0.717) is 5.56 Å². The molecule has 1 aromatic carbocycles. The third-order valence-corrected chi connectivity index (χ3v) is 3.08. The van der Waals surface area contributed by atoms with Crippen LogP contribution >= 0.6 is 0 Å². The summed E-state index contributed by atoms with van der Waals surface area (Å²) in [6.45, 7) is 2.99. The number of esters is 2. The quantitative estimate of drug-likeness (QED) is 0.640. The molecule has 0 aliphatic carbocycles. The summed E-state index contributed by atoms with van der Waals surface area (Å²) in [4.78, 5) is 35.0. The maximum absolute atomic E-state index is 12.0. The Bertz CT molecular complexity index is 588. The summed E-state index contributed by atoms with van der Waals surface area (Å²) in [6, 6.07) is 8.22. The third kappa shape index (κ3) is 4.18. The topological polar surface area (TPSA) is 89.9 Å². The van der Waals surface area contributed by atoms with Crippen LogP contribution in [0.1, 0.15) is 30.6 Å². The number of methoxy groups -OCH3 is 1. The summed E-state index contributed by atoms with van der Waals surface area (Å²) in [5.74, 6) is -2.74. The molecule has 118 valence electrons. The molecule has 6 nitrogen and oxygen atoms in total. The fourth-order valence-corrected chi connectivity index (χ4v) is 1.92. The predicted molar refractivity (Wildman–Crippen MR) is 78.3 cm³/mol. The molecule has 0 saturated heterocycles. The normalized spacial score (nSPS) is 12.9. The first-order valence-corrected chi connectivity index (χ1v) is 6.70. The van der Waals surface area contributed by atoms with Crippen molar-refractivity contribution in [1.82, 2.24) is 0 Å². The van der Waals surface area contributed by atoms with Crippen molar-refractivity contribution in [3.8, 4) is 0 Å². The van der Waals surface area contributed by atoms with E-state index < -0.39 is 24.0 Å². The first-order chi connectivity index (χ1) is 10.4. The average Bonchev–Trinajstić information content (AvgIpc) is 2.53. The highest BCUT2D eigenvalue weighted by Gasteiger charge is 2.28. The lowest BCUT2D eigenvalue weighted by atomic mass is 10.0. The molecule has 0 aliphatic rings. The Morgan fingerprint density at radius 3 is 2.23 bits per heavy atom. The van der Waals surface area contributed by atoms with E-state index in [4.69, 9.17) is 4.74 Å².